The van der Waals surface area contributed by atoms with Crippen molar-refractivity contribution in [3.63, 3.8) is 0 Å². The molecule has 72 valence electrons. The molecular weight excluding hydrogens is 174 g/mol. The summed E-state index contributed by atoms with van der Waals surface area (Å²) in [7, 11) is 6.16. The number of hydrogen-bond donors (Lipinski definition) is 2. The summed E-state index contributed by atoms with van der Waals surface area (Å²) in [6.45, 7) is 0.857. The molecule has 0 aliphatic carbocycles. The number of rotatable bonds is 5. The van der Waals surface area contributed by atoms with Crippen molar-refractivity contribution in [2.24, 2.45) is 5.92 Å². The van der Waals surface area contributed by atoms with Gasteiger partial charge in [-0.05, 0) is 5.75 Å². The lowest BCUT2D eigenvalue weighted by molar-refractivity contribution is -0.873. The smallest absolute Gasteiger partial charge is 0.303 e. The highest BCUT2D eigenvalue weighted by atomic mass is 32.1. The molecule has 1 atom stereocenters. The van der Waals surface area contributed by atoms with Crippen LogP contribution >= 0.6 is 12.6 Å². The van der Waals surface area contributed by atoms with E-state index >= 15 is 0 Å². The summed E-state index contributed by atoms with van der Waals surface area (Å²) in [6.07, 6.45) is 0.221. The second-order valence-corrected chi connectivity index (χ2v) is 4.48. The zero-order valence-electron chi connectivity index (χ0n) is 7.95. The number of aliphatic carboxylic acids is 1. The Morgan fingerprint density at radius 3 is 2.25 bits per heavy atom. The van der Waals surface area contributed by atoms with Gasteiger partial charge in [0.05, 0.1) is 34.1 Å². The Hall–Kier alpha value is -0.220. The van der Waals surface area contributed by atoms with Crippen molar-refractivity contribution in [3.05, 3.63) is 0 Å². The molecular formula is C8H18NO2S+. The van der Waals surface area contributed by atoms with Gasteiger partial charge in [0.25, 0.3) is 0 Å². The van der Waals surface area contributed by atoms with E-state index in [1.54, 1.807) is 0 Å². The summed E-state index contributed by atoms with van der Waals surface area (Å²) in [5, 5.41) is 8.57. The predicted octanol–water partition coefficient (Wildman–Crippen LogP) is 0.713. The second-order valence-electron chi connectivity index (χ2n) is 4.12. The predicted molar refractivity (Wildman–Crippen MR) is 52.5 cm³/mol. The molecule has 3 nitrogen and oxygen atoms in total. The van der Waals surface area contributed by atoms with Crippen LogP contribution in [0.4, 0.5) is 0 Å². The molecule has 0 amide bonds. The van der Waals surface area contributed by atoms with Crippen molar-refractivity contribution in [1.82, 2.24) is 0 Å². The monoisotopic (exact) mass is 192 g/mol. The highest BCUT2D eigenvalue weighted by Crippen LogP contribution is 2.09. The van der Waals surface area contributed by atoms with Crippen LogP contribution in [0.25, 0.3) is 0 Å². The Morgan fingerprint density at radius 1 is 1.50 bits per heavy atom. The van der Waals surface area contributed by atoms with Gasteiger partial charge in [0.1, 0.15) is 0 Å². The maximum Gasteiger partial charge on any atom is 0.303 e. The van der Waals surface area contributed by atoms with Crippen LogP contribution < -0.4 is 0 Å². The van der Waals surface area contributed by atoms with E-state index < -0.39 is 5.97 Å². The minimum absolute atomic E-state index is 0.172. The van der Waals surface area contributed by atoms with Gasteiger partial charge in [0.15, 0.2) is 0 Å². The van der Waals surface area contributed by atoms with E-state index in [4.69, 9.17) is 5.11 Å². The minimum Gasteiger partial charge on any atom is -0.481 e. The lowest BCUT2D eigenvalue weighted by Crippen LogP contribution is -2.40. The lowest BCUT2D eigenvalue weighted by Gasteiger charge is -2.27. The van der Waals surface area contributed by atoms with E-state index in [0.717, 1.165) is 11.0 Å². The molecule has 0 fully saturated rings. The Labute approximate surface area is 79.4 Å². The molecule has 0 radical (unpaired) electrons. The Balaban J connectivity index is 3.92. The molecule has 0 unspecified atom stereocenters. The Kier molecular flexibility index (Phi) is 4.63. The molecule has 0 aromatic heterocycles. The van der Waals surface area contributed by atoms with Crippen molar-refractivity contribution in [2.75, 3.05) is 33.4 Å². The first-order valence-electron chi connectivity index (χ1n) is 3.98. The average Bonchev–Trinajstić information content (AvgIpc) is 1.82. The van der Waals surface area contributed by atoms with Gasteiger partial charge in [-0.1, -0.05) is 0 Å². The van der Waals surface area contributed by atoms with Crippen molar-refractivity contribution in [2.45, 2.75) is 6.42 Å². The molecule has 4 heteroatoms. The molecule has 0 aromatic carbocycles. The number of hydrogen-bond acceptors (Lipinski definition) is 2. The van der Waals surface area contributed by atoms with E-state index in [1.165, 1.54) is 0 Å². The number of carbonyl (C=O) groups is 1. The SMILES string of the molecule is C[N+](C)(C)C[C@H](CS)CC(=O)O. The van der Waals surface area contributed by atoms with Gasteiger partial charge in [0, 0.05) is 5.92 Å². The van der Waals surface area contributed by atoms with Gasteiger partial charge in [-0.2, -0.15) is 12.6 Å². The highest BCUT2D eigenvalue weighted by Gasteiger charge is 2.19. The molecule has 0 rings (SSSR count). The maximum absolute atomic E-state index is 10.4. The first kappa shape index (κ1) is 11.8. The van der Waals surface area contributed by atoms with Gasteiger partial charge < -0.3 is 9.59 Å². The number of carboxylic acids is 1. The van der Waals surface area contributed by atoms with Crippen LogP contribution in [-0.4, -0.2) is 49.0 Å². The third-order valence-corrected chi connectivity index (χ3v) is 2.04. The van der Waals surface area contributed by atoms with Crippen molar-refractivity contribution < 1.29 is 14.4 Å². The Bertz CT molecular complexity index is 154. The minimum atomic E-state index is -0.734. The van der Waals surface area contributed by atoms with Crippen molar-refractivity contribution >= 4 is 18.6 Å². The standard InChI is InChI=1S/C8H17NO2S/c1-9(2,3)5-7(6-12)4-8(10)11/h7H,4-6H2,1-3H3,(H-,10,11,12)/p+1/t7-/m1/s1. The van der Waals surface area contributed by atoms with Gasteiger partial charge >= 0.3 is 5.97 Å². The van der Waals surface area contributed by atoms with Crippen molar-refractivity contribution in [1.29, 1.82) is 0 Å². The van der Waals surface area contributed by atoms with E-state index in [2.05, 4.69) is 33.8 Å². The maximum atomic E-state index is 10.4. The number of nitrogens with zero attached hydrogens (tertiary/aromatic N) is 1. The first-order chi connectivity index (χ1) is 5.35. The topological polar surface area (TPSA) is 37.3 Å². The van der Waals surface area contributed by atoms with Crippen LogP contribution in [0.1, 0.15) is 6.42 Å². The van der Waals surface area contributed by atoms with Crippen LogP contribution in [0.2, 0.25) is 0 Å². The van der Waals surface area contributed by atoms with Crippen LogP contribution in [0.5, 0.6) is 0 Å². The third kappa shape index (κ3) is 6.49. The number of quaternary nitrogens is 1. The summed E-state index contributed by atoms with van der Waals surface area (Å²) in [6, 6.07) is 0. The zero-order chi connectivity index (χ0) is 9.78. The fraction of sp³-hybridized carbons (Fsp3) is 0.875. The molecule has 0 aliphatic rings. The molecule has 0 aliphatic heterocycles. The molecule has 0 heterocycles. The van der Waals surface area contributed by atoms with Gasteiger partial charge in [0.2, 0.25) is 0 Å². The summed E-state index contributed by atoms with van der Waals surface area (Å²) in [5.74, 6) is 0.0790. The molecule has 0 bridgehead atoms. The fourth-order valence-corrected chi connectivity index (χ4v) is 1.45. The summed E-state index contributed by atoms with van der Waals surface area (Å²) < 4.78 is 0.790. The fourth-order valence-electron chi connectivity index (χ4n) is 1.21. The van der Waals surface area contributed by atoms with Crippen molar-refractivity contribution in [3.8, 4) is 0 Å². The quantitative estimate of drug-likeness (QED) is 0.497. The molecule has 1 N–H and O–H groups in total. The largest absolute Gasteiger partial charge is 0.481 e. The molecule has 0 aromatic rings. The molecule has 0 saturated carbocycles. The van der Waals surface area contributed by atoms with Gasteiger partial charge in [-0.15, -0.1) is 0 Å². The summed E-state index contributed by atoms with van der Waals surface area (Å²) in [4.78, 5) is 10.4. The third-order valence-electron chi connectivity index (χ3n) is 1.53. The summed E-state index contributed by atoms with van der Waals surface area (Å²) >= 11 is 4.13. The van der Waals surface area contributed by atoms with Crippen LogP contribution in [0.15, 0.2) is 0 Å². The number of thiol groups is 1. The van der Waals surface area contributed by atoms with Crippen LogP contribution in [0, 0.1) is 5.92 Å². The first-order valence-corrected chi connectivity index (χ1v) is 4.61. The normalized spacial score (nSPS) is 14.3. The summed E-state index contributed by atoms with van der Waals surface area (Å²) in [5.41, 5.74) is 0. The van der Waals surface area contributed by atoms with E-state index in [0.29, 0.717) is 5.75 Å². The van der Waals surface area contributed by atoms with E-state index in [-0.39, 0.29) is 12.3 Å². The Morgan fingerprint density at radius 2 is 2.00 bits per heavy atom. The zero-order valence-corrected chi connectivity index (χ0v) is 8.84. The molecule has 0 saturated heterocycles. The van der Waals surface area contributed by atoms with Crippen LogP contribution in [-0.2, 0) is 4.79 Å². The van der Waals surface area contributed by atoms with E-state index in [9.17, 15) is 4.79 Å². The second kappa shape index (κ2) is 4.72. The molecule has 12 heavy (non-hydrogen) atoms. The lowest BCUT2D eigenvalue weighted by atomic mass is 10.1. The van der Waals surface area contributed by atoms with Gasteiger partial charge in [-0.25, -0.2) is 0 Å². The van der Waals surface area contributed by atoms with Crippen LogP contribution in [0.3, 0.4) is 0 Å². The average molecular weight is 192 g/mol. The van der Waals surface area contributed by atoms with E-state index in [1.807, 2.05) is 0 Å². The molecule has 0 spiro atoms. The highest BCUT2D eigenvalue weighted by molar-refractivity contribution is 7.80. The van der Waals surface area contributed by atoms with Gasteiger partial charge in [-0.3, -0.25) is 4.79 Å². The number of carboxylic acid groups (broad SMARTS) is 1.